The van der Waals surface area contributed by atoms with E-state index in [4.69, 9.17) is 5.73 Å². The van der Waals surface area contributed by atoms with Crippen molar-refractivity contribution in [1.29, 1.82) is 0 Å². The Hall–Kier alpha value is -1.55. The summed E-state index contributed by atoms with van der Waals surface area (Å²) in [6.07, 6.45) is 4.77. The molecule has 2 aromatic rings. The molecule has 0 spiro atoms. The van der Waals surface area contributed by atoms with Gasteiger partial charge in [-0.15, -0.1) is 0 Å². The van der Waals surface area contributed by atoms with Crippen molar-refractivity contribution < 1.29 is 0 Å². The zero-order chi connectivity index (χ0) is 11.7. The Morgan fingerprint density at radius 3 is 2.82 bits per heavy atom. The molecule has 1 aliphatic rings. The molecule has 1 aromatic carbocycles. The zero-order valence-corrected chi connectivity index (χ0v) is 9.97. The van der Waals surface area contributed by atoms with Crippen LogP contribution in [-0.4, -0.2) is 34.3 Å². The fraction of sp³-hybridized carbons (Fsp3) is 0.462. The van der Waals surface area contributed by atoms with Gasteiger partial charge in [-0.25, -0.2) is 0 Å². The number of likely N-dealkylation sites (tertiary alicyclic amines) is 1. The van der Waals surface area contributed by atoms with Gasteiger partial charge in [0.1, 0.15) is 0 Å². The predicted octanol–water partition coefficient (Wildman–Crippen LogP) is 1.71. The van der Waals surface area contributed by atoms with Crippen molar-refractivity contribution >= 4 is 16.6 Å². The van der Waals surface area contributed by atoms with Crippen LogP contribution in [0, 0.1) is 0 Å². The van der Waals surface area contributed by atoms with Gasteiger partial charge in [0.15, 0.2) is 0 Å². The lowest BCUT2D eigenvalue weighted by Crippen LogP contribution is -2.24. The molecule has 2 heterocycles. The molecule has 2 N–H and O–H groups in total. The van der Waals surface area contributed by atoms with E-state index in [9.17, 15) is 0 Å². The Morgan fingerprint density at radius 1 is 1.18 bits per heavy atom. The molecule has 0 atom stereocenters. The van der Waals surface area contributed by atoms with Gasteiger partial charge in [-0.1, -0.05) is 0 Å². The monoisotopic (exact) mass is 230 g/mol. The van der Waals surface area contributed by atoms with Crippen LogP contribution in [0.15, 0.2) is 24.4 Å². The van der Waals surface area contributed by atoms with Crippen molar-refractivity contribution in [2.24, 2.45) is 0 Å². The van der Waals surface area contributed by atoms with Crippen LogP contribution in [0.5, 0.6) is 0 Å². The number of aromatic nitrogens is 2. The van der Waals surface area contributed by atoms with E-state index in [1.54, 1.807) is 0 Å². The number of nitrogen functional groups attached to an aromatic ring is 1. The standard InChI is InChI=1S/C13H18N4/c14-12-3-4-13-11(9-12)10-17(15-13)8-7-16-5-1-2-6-16/h3-4,9-10H,1-2,5-8,14H2. The minimum absolute atomic E-state index is 0.802. The molecule has 1 fully saturated rings. The molecular formula is C13H18N4. The van der Waals surface area contributed by atoms with Crippen LogP contribution in [0.2, 0.25) is 0 Å². The number of anilines is 1. The molecule has 1 saturated heterocycles. The highest BCUT2D eigenvalue weighted by atomic mass is 15.3. The number of hydrogen-bond acceptors (Lipinski definition) is 3. The van der Waals surface area contributed by atoms with Crippen molar-refractivity contribution in [3.05, 3.63) is 24.4 Å². The number of rotatable bonds is 3. The van der Waals surface area contributed by atoms with Crippen molar-refractivity contribution in [2.75, 3.05) is 25.4 Å². The highest BCUT2D eigenvalue weighted by Crippen LogP contribution is 2.15. The van der Waals surface area contributed by atoms with Crippen LogP contribution < -0.4 is 5.73 Å². The molecule has 1 aliphatic heterocycles. The van der Waals surface area contributed by atoms with Crippen LogP contribution in [-0.2, 0) is 6.54 Å². The Morgan fingerprint density at radius 2 is 2.00 bits per heavy atom. The summed E-state index contributed by atoms with van der Waals surface area (Å²) in [5.41, 5.74) is 7.59. The lowest BCUT2D eigenvalue weighted by atomic mass is 10.2. The number of nitrogens with zero attached hydrogens (tertiary/aromatic N) is 3. The van der Waals surface area contributed by atoms with Crippen molar-refractivity contribution in [3.8, 4) is 0 Å². The fourth-order valence-electron chi connectivity index (χ4n) is 2.46. The van der Waals surface area contributed by atoms with E-state index in [-0.39, 0.29) is 0 Å². The molecular weight excluding hydrogens is 212 g/mol. The summed E-state index contributed by atoms with van der Waals surface area (Å²) in [5.74, 6) is 0. The molecule has 4 heteroatoms. The van der Waals surface area contributed by atoms with E-state index in [0.717, 1.165) is 29.7 Å². The van der Waals surface area contributed by atoms with E-state index >= 15 is 0 Å². The summed E-state index contributed by atoms with van der Waals surface area (Å²) in [5, 5.41) is 5.68. The van der Waals surface area contributed by atoms with Gasteiger partial charge in [0, 0.05) is 23.8 Å². The number of benzene rings is 1. The van der Waals surface area contributed by atoms with Gasteiger partial charge in [0.25, 0.3) is 0 Å². The average molecular weight is 230 g/mol. The summed E-state index contributed by atoms with van der Waals surface area (Å²) >= 11 is 0. The van der Waals surface area contributed by atoms with Crippen LogP contribution in [0.3, 0.4) is 0 Å². The first kappa shape index (κ1) is 10.6. The van der Waals surface area contributed by atoms with Gasteiger partial charge in [0.2, 0.25) is 0 Å². The van der Waals surface area contributed by atoms with E-state index < -0.39 is 0 Å². The lowest BCUT2D eigenvalue weighted by molar-refractivity contribution is 0.316. The maximum absolute atomic E-state index is 5.76. The zero-order valence-electron chi connectivity index (χ0n) is 9.97. The van der Waals surface area contributed by atoms with E-state index in [0.29, 0.717) is 0 Å². The average Bonchev–Trinajstić information content (AvgIpc) is 2.94. The largest absolute Gasteiger partial charge is 0.399 e. The van der Waals surface area contributed by atoms with E-state index in [2.05, 4.69) is 16.2 Å². The Bertz CT molecular complexity index is 511. The van der Waals surface area contributed by atoms with Crippen molar-refractivity contribution in [3.63, 3.8) is 0 Å². The first-order chi connectivity index (χ1) is 8.31. The third-order valence-electron chi connectivity index (χ3n) is 3.42. The molecule has 1 aromatic heterocycles. The fourth-order valence-corrected chi connectivity index (χ4v) is 2.46. The minimum Gasteiger partial charge on any atom is -0.399 e. The SMILES string of the molecule is Nc1ccc2nn(CCN3CCCC3)cc2c1. The summed E-state index contributed by atoms with van der Waals surface area (Å²) < 4.78 is 2.03. The van der Waals surface area contributed by atoms with Crippen LogP contribution >= 0.6 is 0 Å². The topological polar surface area (TPSA) is 47.1 Å². The van der Waals surface area contributed by atoms with Gasteiger partial charge in [-0.3, -0.25) is 4.68 Å². The molecule has 0 saturated carbocycles. The van der Waals surface area contributed by atoms with Crippen molar-refractivity contribution in [2.45, 2.75) is 19.4 Å². The van der Waals surface area contributed by atoms with Gasteiger partial charge in [-0.2, -0.15) is 5.10 Å². The molecule has 0 amide bonds. The quantitative estimate of drug-likeness (QED) is 0.817. The van der Waals surface area contributed by atoms with Gasteiger partial charge >= 0.3 is 0 Å². The molecule has 0 radical (unpaired) electrons. The molecule has 3 rings (SSSR count). The van der Waals surface area contributed by atoms with Crippen LogP contribution in [0.25, 0.3) is 10.9 Å². The summed E-state index contributed by atoms with van der Waals surface area (Å²) in [7, 11) is 0. The molecule has 0 bridgehead atoms. The number of fused-ring (bicyclic) bond motifs is 1. The molecule has 0 unspecified atom stereocenters. The highest BCUT2D eigenvalue weighted by molar-refractivity contribution is 5.81. The Labute approximate surface area is 101 Å². The Balaban J connectivity index is 1.72. The summed E-state index contributed by atoms with van der Waals surface area (Å²) in [6, 6.07) is 5.87. The lowest BCUT2D eigenvalue weighted by Gasteiger charge is -2.13. The van der Waals surface area contributed by atoms with Gasteiger partial charge in [-0.05, 0) is 44.1 Å². The van der Waals surface area contributed by atoms with Crippen LogP contribution in [0.1, 0.15) is 12.8 Å². The second kappa shape index (κ2) is 4.37. The first-order valence-corrected chi connectivity index (χ1v) is 6.26. The second-order valence-electron chi connectivity index (χ2n) is 4.76. The third-order valence-corrected chi connectivity index (χ3v) is 3.42. The molecule has 17 heavy (non-hydrogen) atoms. The third kappa shape index (κ3) is 2.26. The summed E-state index contributed by atoms with van der Waals surface area (Å²) in [4.78, 5) is 2.50. The Kier molecular flexibility index (Phi) is 2.73. The maximum Gasteiger partial charge on any atom is 0.0924 e. The molecule has 4 nitrogen and oxygen atoms in total. The minimum atomic E-state index is 0.802. The van der Waals surface area contributed by atoms with E-state index in [1.165, 1.54) is 25.9 Å². The van der Waals surface area contributed by atoms with Gasteiger partial charge in [0.05, 0.1) is 12.1 Å². The maximum atomic E-state index is 5.76. The summed E-state index contributed by atoms with van der Waals surface area (Å²) in [6.45, 7) is 4.56. The first-order valence-electron chi connectivity index (χ1n) is 6.26. The van der Waals surface area contributed by atoms with Gasteiger partial charge < -0.3 is 10.6 Å². The number of nitrogens with two attached hydrogens (primary N) is 1. The van der Waals surface area contributed by atoms with Crippen molar-refractivity contribution in [1.82, 2.24) is 14.7 Å². The second-order valence-corrected chi connectivity index (χ2v) is 4.76. The molecule has 90 valence electrons. The van der Waals surface area contributed by atoms with E-state index in [1.807, 2.05) is 22.9 Å². The number of hydrogen-bond donors (Lipinski definition) is 1. The molecule has 0 aliphatic carbocycles. The smallest absolute Gasteiger partial charge is 0.0924 e. The van der Waals surface area contributed by atoms with Crippen LogP contribution in [0.4, 0.5) is 5.69 Å². The highest BCUT2D eigenvalue weighted by Gasteiger charge is 2.11. The predicted molar refractivity (Wildman–Crippen MR) is 69.8 cm³/mol. The normalized spacial score (nSPS) is 16.9.